The Labute approximate surface area is 411 Å². The van der Waals surface area contributed by atoms with Crippen LogP contribution in [0.2, 0.25) is 0 Å². The van der Waals surface area contributed by atoms with Crippen LogP contribution >= 0.6 is 11.3 Å². The van der Waals surface area contributed by atoms with E-state index in [2.05, 4.69) is 266 Å². The lowest BCUT2D eigenvalue weighted by Gasteiger charge is -2.34. The van der Waals surface area contributed by atoms with Gasteiger partial charge in [0.15, 0.2) is 0 Å². The topological polar surface area (TPSA) is 3.24 Å². The third-order valence-electron chi connectivity index (χ3n) is 15.8. The molecule has 0 atom stereocenters. The molecule has 2 heteroatoms. The Kier molecular flexibility index (Phi) is 8.43. The van der Waals surface area contributed by atoms with Crippen LogP contribution < -0.4 is 4.90 Å². The minimum atomic E-state index is -0.490. The summed E-state index contributed by atoms with van der Waals surface area (Å²) in [6.07, 6.45) is 0. The predicted octanol–water partition coefficient (Wildman–Crippen LogP) is 17.9. The maximum atomic E-state index is 2.52. The van der Waals surface area contributed by atoms with Crippen molar-refractivity contribution in [1.29, 1.82) is 0 Å². The van der Waals surface area contributed by atoms with Crippen molar-refractivity contribution in [1.82, 2.24) is 0 Å². The van der Waals surface area contributed by atoms with Crippen molar-refractivity contribution >= 4 is 48.6 Å². The molecule has 3 aliphatic carbocycles. The van der Waals surface area contributed by atoms with Gasteiger partial charge >= 0.3 is 0 Å². The molecule has 1 heterocycles. The zero-order valence-corrected chi connectivity index (χ0v) is 39.0. The zero-order valence-electron chi connectivity index (χ0n) is 38.2. The second kappa shape index (κ2) is 15.0. The molecule has 15 rings (SSSR count). The average Bonchev–Trinajstić information content (AvgIpc) is 4.15. The summed E-state index contributed by atoms with van der Waals surface area (Å²) in [5.74, 6) is 0. The van der Waals surface area contributed by atoms with Crippen LogP contribution in [0.5, 0.6) is 0 Å². The monoisotopic (exact) mass is 905 g/mol. The molecule has 70 heavy (non-hydrogen) atoms. The molecule has 0 unspecified atom stereocenters. The number of anilines is 3. The van der Waals surface area contributed by atoms with E-state index in [0.717, 1.165) is 17.1 Å². The first-order chi connectivity index (χ1) is 34.7. The van der Waals surface area contributed by atoms with Gasteiger partial charge in [0.2, 0.25) is 0 Å². The lowest BCUT2D eigenvalue weighted by molar-refractivity contribution is 0.768. The lowest BCUT2D eigenvalue weighted by Crippen LogP contribution is -2.28. The van der Waals surface area contributed by atoms with E-state index in [-0.39, 0.29) is 0 Å². The summed E-state index contributed by atoms with van der Waals surface area (Å²) in [7, 11) is 0. The molecule has 0 fully saturated rings. The van der Waals surface area contributed by atoms with Gasteiger partial charge in [-0.1, -0.05) is 218 Å². The Balaban J connectivity index is 0.994. The average molecular weight is 906 g/mol. The first-order valence-electron chi connectivity index (χ1n) is 24.3. The van der Waals surface area contributed by atoms with Crippen LogP contribution in [0.25, 0.3) is 64.7 Å². The Morgan fingerprint density at radius 1 is 0.271 bits per heavy atom. The third-order valence-corrected chi connectivity index (χ3v) is 17.0. The Hall–Kier alpha value is -8.56. The fraction of sp³-hybridized carbons (Fsp3) is 0.0294. The molecule has 0 saturated heterocycles. The van der Waals surface area contributed by atoms with Gasteiger partial charge < -0.3 is 4.90 Å². The number of rotatable bonds is 6. The molecule has 0 amide bonds. The van der Waals surface area contributed by atoms with E-state index >= 15 is 0 Å². The summed E-state index contributed by atoms with van der Waals surface area (Å²) in [6.45, 7) is 0. The second-order valence-electron chi connectivity index (χ2n) is 19.0. The molecule has 0 saturated carbocycles. The van der Waals surface area contributed by atoms with Crippen molar-refractivity contribution in [3.8, 4) is 44.5 Å². The Morgan fingerprint density at radius 2 is 0.729 bits per heavy atom. The van der Waals surface area contributed by atoms with Gasteiger partial charge in [-0.25, -0.2) is 0 Å². The standard InChI is InChI=1S/C68H43NS/c1-3-20-45(21-4-1)67(46-22-5-2-6-23-46)59-32-12-10-28-54(59)58-42-48(38-40-63(58)67)69(47-24-17-19-44(41-47)50-30-18-31-57-56-29-11-16-36-65(56)70-66(50)57)49-37-39-55-53-27-9-15-35-62(53)68(64(55)43-49)60-33-13-7-25-51(60)52-26-8-14-34-61(52)68/h1-43H. The van der Waals surface area contributed by atoms with Gasteiger partial charge in [0.1, 0.15) is 0 Å². The van der Waals surface area contributed by atoms with Crippen LogP contribution in [-0.2, 0) is 10.8 Å². The summed E-state index contributed by atoms with van der Waals surface area (Å²) in [5.41, 5.74) is 23.0. The molecule has 0 N–H and O–H groups in total. The first kappa shape index (κ1) is 39.4. The van der Waals surface area contributed by atoms with Gasteiger partial charge in [-0.15, -0.1) is 11.3 Å². The molecule has 0 aliphatic heterocycles. The number of thiophene rings is 1. The maximum Gasteiger partial charge on any atom is 0.0726 e. The SMILES string of the molecule is c1ccc(C2(c3ccccc3)c3ccccc3-c3cc(N(c4cccc(-c5cccc6c5sc5ccccc56)c4)c4ccc5c(c4)C4(c6ccccc6-c6ccccc64)c4ccccc4-5)ccc32)cc1. The van der Waals surface area contributed by atoms with E-state index in [9.17, 15) is 0 Å². The smallest absolute Gasteiger partial charge is 0.0726 e. The summed E-state index contributed by atoms with van der Waals surface area (Å²) < 4.78 is 2.63. The second-order valence-corrected chi connectivity index (χ2v) is 20.1. The van der Waals surface area contributed by atoms with Gasteiger partial charge in [-0.2, -0.15) is 0 Å². The third kappa shape index (κ3) is 5.26. The molecule has 0 bridgehead atoms. The number of benzene rings is 11. The zero-order chi connectivity index (χ0) is 46.0. The Bertz CT molecular complexity index is 3980. The highest BCUT2D eigenvalue weighted by Crippen LogP contribution is 2.64. The summed E-state index contributed by atoms with van der Waals surface area (Å²) in [4.78, 5) is 2.52. The van der Waals surface area contributed by atoms with E-state index in [1.54, 1.807) is 0 Å². The largest absolute Gasteiger partial charge is 0.310 e. The highest BCUT2D eigenvalue weighted by molar-refractivity contribution is 7.26. The van der Waals surface area contributed by atoms with Crippen molar-refractivity contribution in [2.75, 3.05) is 4.90 Å². The van der Waals surface area contributed by atoms with Crippen LogP contribution in [0, 0.1) is 0 Å². The van der Waals surface area contributed by atoms with Gasteiger partial charge in [0, 0.05) is 37.2 Å². The summed E-state index contributed by atoms with van der Waals surface area (Å²) in [5, 5.41) is 2.62. The highest BCUT2D eigenvalue weighted by atomic mass is 32.1. The van der Waals surface area contributed by atoms with Crippen molar-refractivity contribution in [2.45, 2.75) is 10.8 Å². The van der Waals surface area contributed by atoms with Crippen LogP contribution in [0.15, 0.2) is 261 Å². The van der Waals surface area contributed by atoms with E-state index in [1.807, 2.05) is 11.3 Å². The van der Waals surface area contributed by atoms with E-state index in [0.29, 0.717) is 0 Å². The fourth-order valence-electron chi connectivity index (χ4n) is 13.0. The Morgan fingerprint density at radius 3 is 1.39 bits per heavy atom. The van der Waals surface area contributed by atoms with Crippen molar-refractivity contribution in [2.24, 2.45) is 0 Å². The van der Waals surface area contributed by atoms with E-state index in [4.69, 9.17) is 0 Å². The van der Waals surface area contributed by atoms with Crippen LogP contribution in [0.1, 0.15) is 44.5 Å². The van der Waals surface area contributed by atoms with Crippen LogP contribution in [0.3, 0.4) is 0 Å². The molecule has 1 nitrogen and oxygen atoms in total. The van der Waals surface area contributed by atoms with Gasteiger partial charge in [0.25, 0.3) is 0 Å². The molecule has 0 radical (unpaired) electrons. The highest BCUT2D eigenvalue weighted by Gasteiger charge is 2.52. The predicted molar refractivity (Wildman–Crippen MR) is 293 cm³/mol. The summed E-state index contributed by atoms with van der Waals surface area (Å²) >= 11 is 1.89. The minimum Gasteiger partial charge on any atom is -0.310 e. The normalized spacial score (nSPS) is 13.9. The van der Waals surface area contributed by atoms with Gasteiger partial charge in [0.05, 0.1) is 10.8 Å². The number of fused-ring (bicyclic) bond motifs is 16. The van der Waals surface area contributed by atoms with E-state index in [1.165, 1.54) is 109 Å². The van der Waals surface area contributed by atoms with Crippen molar-refractivity contribution in [3.05, 3.63) is 305 Å². The fourth-order valence-corrected chi connectivity index (χ4v) is 14.3. The number of hydrogen-bond donors (Lipinski definition) is 0. The first-order valence-corrected chi connectivity index (χ1v) is 25.1. The molecule has 1 aromatic heterocycles. The quantitative estimate of drug-likeness (QED) is 0.161. The molecular formula is C68H43NS. The maximum absolute atomic E-state index is 2.52. The van der Waals surface area contributed by atoms with Crippen LogP contribution in [-0.4, -0.2) is 0 Å². The van der Waals surface area contributed by atoms with E-state index < -0.39 is 10.8 Å². The lowest BCUT2D eigenvalue weighted by atomic mass is 9.68. The molecule has 11 aromatic carbocycles. The minimum absolute atomic E-state index is 0.471. The summed E-state index contributed by atoms with van der Waals surface area (Å²) in [6, 6.07) is 98.0. The van der Waals surface area contributed by atoms with Crippen LogP contribution in [0.4, 0.5) is 17.1 Å². The van der Waals surface area contributed by atoms with Crippen molar-refractivity contribution < 1.29 is 0 Å². The number of nitrogens with zero attached hydrogens (tertiary/aromatic N) is 1. The molecule has 3 aliphatic rings. The number of hydrogen-bond acceptors (Lipinski definition) is 2. The van der Waals surface area contributed by atoms with Gasteiger partial charge in [-0.05, 0) is 131 Å². The van der Waals surface area contributed by atoms with Crippen molar-refractivity contribution in [3.63, 3.8) is 0 Å². The van der Waals surface area contributed by atoms with Gasteiger partial charge in [-0.3, -0.25) is 0 Å². The molecular weight excluding hydrogens is 863 g/mol. The molecule has 326 valence electrons. The molecule has 12 aromatic rings. The molecule has 1 spiro atoms.